The first-order valence-corrected chi connectivity index (χ1v) is 31.4. The Kier molecular flexibility index (Phi) is 11.8. The Bertz CT molecular complexity index is 5290. The van der Waals surface area contributed by atoms with Gasteiger partial charge in [0.15, 0.2) is 17.2 Å². The number of nitrogens with zero attached hydrogens (tertiary/aromatic N) is 6. The van der Waals surface area contributed by atoms with Gasteiger partial charge in [-0.1, -0.05) is 210 Å². The normalized spacial score (nSPS) is 12.9. The highest BCUT2D eigenvalue weighted by molar-refractivity contribution is 6.16. The molecule has 10 aromatic carbocycles. The molecule has 0 unspecified atom stereocenters. The van der Waals surface area contributed by atoms with Crippen LogP contribution in [0.25, 0.3) is 144 Å². The van der Waals surface area contributed by atoms with Crippen LogP contribution in [0.1, 0.15) is 105 Å². The van der Waals surface area contributed by atoms with Crippen LogP contribution in [-0.4, -0.2) is 28.2 Å². The Labute approximate surface area is 519 Å². The smallest absolute Gasteiger partial charge is 0.227 e. The Morgan fingerprint density at radius 1 is 0.281 bits per heavy atom. The summed E-state index contributed by atoms with van der Waals surface area (Å²) in [5.41, 5.74) is 19.2. The molecular weight excluding hydrogens is 1080 g/mol. The molecule has 0 radical (unpaired) electrons. The van der Waals surface area contributed by atoms with E-state index in [0.717, 1.165) is 116 Å². The van der Waals surface area contributed by atoms with E-state index in [1.807, 2.05) is 24.3 Å². The lowest BCUT2D eigenvalue weighted by Crippen LogP contribution is -2.16. The third-order valence-electron chi connectivity index (χ3n) is 18.9. The lowest BCUT2D eigenvalue weighted by Gasteiger charge is -2.27. The first kappa shape index (κ1) is 54.4. The topological polar surface area (TPSA) is 58.6 Å². The molecule has 0 spiro atoms. The lowest BCUT2D eigenvalue weighted by molar-refractivity contribution is 0.591. The van der Waals surface area contributed by atoms with E-state index >= 15 is 0 Å². The van der Waals surface area contributed by atoms with Crippen molar-refractivity contribution in [1.82, 2.24) is 28.2 Å². The van der Waals surface area contributed by atoms with Crippen molar-refractivity contribution in [1.29, 1.82) is 0 Å². The van der Waals surface area contributed by atoms with Crippen LogP contribution in [0.5, 0.6) is 0 Å². The first-order valence-electron chi connectivity index (χ1n) is 31.4. The van der Waals surface area contributed by atoms with Gasteiger partial charge in [-0.2, -0.15) is 0 Å². The van der Waals surface area contributed by atoms with Gasteiger partial charge < -0.3 is 13.6 Å². The van der Waals surface area contributed by atoms with Crippen LogP contribution >= 0.6 is 0 Å². The monoisotopic (exact) mass is 1160 g/mol. The zero-order chi connectivity index (χ0) is 61.2. The van der Waals surface area contributed by atoms with E-state index in [9.17, 15) is 0 Å². The van der Waals surface area contributed by atoms with E-state index in [2.05, 4.69) is 295 Å². The van der Waals surface area contributed by atoms with Gasteiger partial charge in [-0.25, -0.2) is 9.97 Å². The minimum absolute atomic E-state index is 0.106. The standard InChI is InChI=1S/C82H72N6O/c1-79(2,3)49-37-41-68-59(45-49)53-25-15-20-32-64(53)85(68)74-73(57-29-13-14-30-58(57)78-83-63-31-19-24-36-72(63)89-78)75(86-65-33-21-16-26-54(65)60-46-50(80(4,5)6)38-42-69(60)86)77(88-67-35-23-18-28-56(67)62-48-52(82(10,11)12)40-44-71(62)88)84-76(74)87-66-34-22-17-27-55(66)61-47-51(81(7,8)9)39-43-70(61)87/h13-48H,1-12H3. The van der Waals surface area contributed by atoms with Crippen molar-refractivity contribution in [3.8, 4) is 45.6 Å². The van der Waals surface area contributed by atoms with E-state index in [4.69, 9.17) is 14.4 Å². The molecule has 0 atom stereocenters. The maximum Gasteiger partial charge on any atom is 0.227 e. The maximum absolute atomic E-state index is 7.01. The highest BCUT2D eigenvalue weighted by Gasteiger charge is 2.35. The summed E-state index contributed by atoms with van der Waals surface area (Å²) in [4.78, 5) is 12.0. The number of hydrogen-bond acceptors (Lipinski definition) is 3. The number of para-hydroxylation sites is 6. The molecule has 16 aromatic rings. The number of hydrogen-bond donors (Lipinski definition) is 0. The van der Waals surface area contributed by atoms with Crippen LogP contribution in [0.3, 0.4) is 0 Å². The minimum Gasteiger partial charge on any atom is -0.436 e. The highest BCUT2D eigenvalue weighted by Crippen LogP contribution is 2.52. The quantitative estimate of drug-likeness (QED) is 0.167. The molecule has 0 N–H and O–H groups in total. The summed E-state index contributed by atoms with van der Waals surface area (Å²) in [6, 6.07) is 81.2. The summed E-state index contributed by atoms with van der Waals surface area (Å²) in [6.07, 6.45) is 0. The zero-order valence-electron chi connectivity index (χ0n) is 52.9. The van der Waals surface area contributed by atoms with Crippen molar-refractivity contribution in [2.75, 3.05) is 0 Å². The average Bonchev–Trinajstić information content (AvgIpc) is 1.61. The molecular formula is C82H72N6O. The van der Waals surface area contributed by atoms with E-state index in [1.54, 1.807) is 0 Å². The molecule has 7 nitrogen and oxygen atoms in total. The Balaban J connectivity index is 1.23. The molecule has 0 saturated carbocycles. The fraction of sp³-hybridized carbons (Fsp3) is 0.195. The molecule has 0 saturated heterocycles. The SMILES string of the molecule is CC(C)(C)c1ccc2c(c1)c1ccccc1n2-c1nc(-n2c3ccccc3c3cc(C(C)(C)C)ccc32)c(-n2c3ccccc3c3cc(C(C)(C)C)ccc32)c(-c2ccccc2-c2nc3ccccc3o2)c1-n1c2ccccc2c2cc(C(C)(C)C)ccc21. The van der Waals surface area contributed by atoms with Crippen LogP contribution in [-0.2, 0) is 21.7 Å². The van der Waals surface area contributed by atoms with Crippen molar-refractivity contribution in [3.63, 3.8) is 0 Å². The van der Waals surface area contributed by atoms with Crippen molar-refractivity contribution >= 4 is 98.3 Å². The van der Waals surface area contributed by atoms with Gasteiger partial charge in [-0.3, -0.25) is 9.13 Å². The molecule has 0 bridgehead atoms. The molecule has 0 aliphatic rings. The molecule has 0 fully saturated rings. The number of aromatic nitrogens is 6. The van der Waals surface area contributed by atoms with Crippen molar-refractivity contribution < 1.29 is 4.42 Å². The largest absolute Gasteiger partial charge is 0.436 e. The molecule has 0 aliphatic carbocycles. The molecule has 6 aromatic heterocycles. The van der Waals surface area contributed by atoms with E-state index in [-0.39, 0.29) is 21.7 Å². The Morgan fingerprint density at radius 3 is 0.955 bits per heavy atom. The fourth-order valence-corrected chi connectivity index (χ4v) is 14.1. The number of benzene rings is 10. The van der Waals surface area contributed by atoms with Crippen molar-refractivity contribution in [3.05, 3.63) is 241 Å². The maximum atomic E-state index is 7.01. The number of oxazole rings is 1. The van der Waals surface area contributed by atoms with Gasteiger partial charge in [0.25, 0.3) is 0 Å². The third-order valence-corrected chi connectivity index (χ3v) is 18.9. The van der Waals surface area contributed by atoms with Gasteiger partial charge in [0, 0.05) is 54.2 Å². The fourth-order valence-electron chi connectivity index (χ4n) is 14.1. The second-order valence-electron chi connectivity index (χ2n) is 28.7. The Morgan fingerprint density at radius 2 is 0.584 bits per heavy atom. The molecule has 7 heteroatoms. The van der Waals surface area contributed by atoms with Crippen molar-refractivity contribution in [2.24, 2.45) is 0 Å². The summed E-state index contributed by atoms with van der Waals surface area (Å²) >= 11 is 0. The summed E-state index contributed by atoms with van der Waals surface area (Å²) in [7, 11) is 0. The van der Waals surface area contributed by atoms with Crippen LogP contribution in [0.2, 0.25) is 0 Å². The summed E-state index contributed by atoms with van der Waals surface area (Å²) in [5, 5.41) is 9.29. The van der Waals surface area contributed by atoms with Crippen molar-refractivity contribution in [2.45, 2.75) is 105 Å². The summed E-state index contributed by atoms with van der Waals surface area (Å²) in [6.45, 7) is 27.7. The summed E-state index contributed by atoms with van der Waals surface area (Å²) in [5.74, 6) is 2.08. The number of pyridine rings is 1. The Hall–Kier alpha value is -9.98. The second kappa shape index (κ2) is 19.3. The highest BCUT2D eigenvalue weighted by atomic mass is 16.3. The molecule has 436 valence electrons. The molecule has 89 heavy (non-hydrogen) atoms. The lowest BCUT2D eigenvalue weighted by atomic mass is 9.86. The van der Waals surface area contributed by atoms with E-state index in [1.165, 1.54) is 43.8 Å². The predicted octanol–water partition coefficient (Wildman–Crippen LogP) is 22.1. The zero-order valence-corrected chi connectivity index (χ0v) is 52.9. The van der Waals surface area contributed by atoms with Gasteiger partial charge in [0.05, 0.1) is 44.1 Å². The summed E-state index contributed by atoms with van der Waals surface area (Å²) < 4.78 is 17.0. The van der Waals surface area contributed by atoms with E-state index < -0.39 is 0 Å². The van der Waals surface area contributed by atoms with Gasteiger partial charge in [0.2, 0.25) is 5.89 Å². The predicted molar refractivity (Wildman–Crippen MR) is 375 cm³/mol. The first-order chi connectivity index (χ1) is 42.7. The third kappa shape index (κ3) is 8.38. The number of fused-ring (bicyclic) bond motifs is 13. The minimum atomic E-state index is -0.114. The molecule has 0 aliphatic heterocycles. The average molecular weight is 1160 g/mol. The van der Waals surface area contributed by atoms with Crippen LogP contribution < -0.4 is 0 Å². The van der Waals surface area contributed by atoms with E-state index in [0.29, 0.717) is 5.89 Å². The number of rotatable bonds is 6. The van der Waals surface area contributed by atoms with Crippen LogP contribution in [0.4, 0.5) is 0 Å². The van der Waals surface area contributed by atoms with Gasteiger partial charge in [-0.15, -0.1) is 0 Å². The molecule has 6 heterocycles. The van der Waals surface area contributed by atoms with Gasteiger partial charge >= 0.3 is 0 Å². The second-order valence-corrected chi connectivity index (χ2v) is 28.7. The molecule has 0 amide bonds. The van der Waals surface area contributed by atoms with Gasteiger partial charge in [0.1, 0.15) is 16.9 Å². The molecule has 16 rings (SSSR count). The van der Waals surface area contributed by atoms with Crippen LogP contribution in [0.15, 0.2) is 223 Å². The van der Waals surface area contributed by atoms with Gasteiger partial charge in [-0.05, 0) is 140 Å². The van der Waals surface area contributed by atoms with Crippen LogP contribution in [0, 0.1) is 0 Å².